The first-order chi connectivity index (χ1) is 15.0. The smallest absolute Gasteiger partial charge is 0.321 e. The van der Waals surface area contributed by atoms with Crippen molar-refractivity contribution in [3.8, 4) is 11.5 Å². The lowest BCUT2D eigenvalue weighted by molar-refractivity contribution is 0.208. The number of nitrogens with one attached hydrogen (secondary N) is 1. The number of carbonyl (C=O) groups is 1. The molecule has 3 N–H and O–H groups in total. The minimum atomic E-state index is -0.107. The summed E-state index contributed by atoms with van der Waals surface area (Å²) >= 11 is 0. The van der Waals surface area contributed by atoms with Crippen LogP contribution in [-0.2, 0) is 0 Å². The van der Waals surface area contributed by atoms with Gasteiger partial charge in [-0.3, -0.25) is 0 Å². The molecule has 0 spiro atoms. The van der Waals surface area contributed by atoms with Crippen LogP contribution in [0.5, 0.6) is 11.5 Å². The molecule has 0 unspecified atom stereocenters. The predicted molar refractivity (Wildman–Crippen MR) is 121 cm³/mol. The number of nitrogen functional groups attached to an aromatic ring is 1. The Morgan fingerprint density at radius 1 is 1.03 bits per heavy atom. The lowest BCUT2D eigenvalue weighted by Crippen LogP contribution is -2.50. The number of nitrogens with two attached hydrogens (primary N) is 1. The molecule has 1 fully saturated rings. The lowest BCUT2D eigenvalue weighted by Gasteiger charge is -2.35. The van der Waals surface area contributed by atoms with Crippen LogP contribution in [-0.4, -0.2) is 61.3 Å². The van der Waals surface area contributed by atoms with Gasteiger partial charge in [-0.2, -0.15) is 4.98 Å². The first-order valence-electron chi connectivity index (χ1n) is 10.1. The van der Waals surface area contributed by atoms with Crippen molar-refractivity contribution < 1.29 is 14.3 Å². The zero-order valence-electron chi connectivity index (χ0n) is 17.9. The number of rotatable bonds is 4. The van der Waals surface area contributed by atoms with E-state index in [1.807, 2.05) is 36.1 Å². The van der Waals surface area contributed by atoms with E-state index >= 15 is 0 Å². The largest absolute Gasteiger partial charge is 0.493 e. The summed E-state index contributed by atoms with van der Waals surface area (Å²) < 4.78 is 10.7. The Kier molecular flexibility index (Phi) is 5.66. The number of amides is 2. The van der Waals surface area contributed by atoms with Gasteiger partial charge in [-0.15, -0.1) is 0 Å². The van der Waals surface area contributed by atoms with Crippen molar-refractivity contribution in [2.45, 2.75) is 6.92 Å². The molecular weight excluding hydrogens is 396 g/mol. The number of piperazine rings is 1. The van der Waals surface area contributed by atoms with Crippen molar-refractivity contribution in [1.29, 1.82) is 0 Å². The Labute approximate surface area is 180 Å². The fourth-order valence-electron chi connectivity index (χ4n) is 3.62. The molecular formula is C22H26N6O3. The van der Waals surface area contributed by atoms with E-state index in [9.17, 15) is 4.79 Å². The Hall–Kier alpha value is -3.75. The maximum absolute atomic E-state index is 12.6. The highest BCUT2D eigenvalue weighted by Gasteiger charge is 2.24. The van der Waals surface area contributed by atoms with Crippen molar-refractivity contribution in [3.05, 3.63) is 42.0 Å². The minimum absolute atomic E-state index is 0.107. The van der Waals surface area contributed by atoms with Gasteiger partial charge in [-0.25, -0.2) is 9.78 Å². The highest BCUT2D eigenvalue weighted by molar-refractivity contribution is 5.92. The van der Waals surface area contributed by atoms with Gasteiger partial charge in [-0.1, -0.05) is 18.2 Å². The number of benzene rings is 2. The number of urea groups is 1. The number of para-hydroxylation sites is 1. The topological polar surface area (TPSA) is 106 Å². The van der Waals surface area contributed by atoms with Crippen LogP contribution in [0.2, 0.25) is 0 Å². The van der Waals surface area contributed by atoms with Gasteiger partial charge in [0.25, 0.3) is 0 Å². The molecule has 9 nitrogen and oxygen atoms in total. The molecule has 0 bridgehead atoms. The fraction of sp³-hybridized carbons (Fsp3) is 0.318. The molecule has 4 rings (SSSR count). The molecule has 31 heavy (non-hydrogen) atoms. The maximum Gasteiger partial charge on any atom is 0.321 e. The molecule has 0 radical (unpaired) electrons. The molecule has 1 aromatic heterocycles. The van der Waals surface area contributed by atoms with Crippen LogP contribution < -0.4 is 25.4 Å². The van der Waals surface area contributed by atoms with Crippen LogP contribution in [0.1, 0.15) is 5.56 Å². The zero-order valence-corrected chi connectivity index (χ0v) is 17.9. The molecule has 0 atom stereocenters. The predicted octanol–water partition coefficient (Wildman–Crippen LogP) is 2.89. The molecule has 0 saturated carbocycles. The molecule has 0 aliphatic carbocycles. The van der Waals surface area contributed by atoms with E-state index in [1.165, 1.54) is 0 Å². The van der Waals surface area contributed by atoms with Gasteiger partial charge in [-0.05, 0) is 24.6 Å². The molecule has 1 saturated heterocycles. The van der Waals surface area contributed by atoms with E-state index in [1.54, 1.807) is 31.3 Å². The highest BCUT2D eigenvalue weighted by atomic mass is 16.5. The van der Waals surface area contributed by atoms with Crippen molar-refractivity contribution in [2.24, 2.45) is 0 Å². The van der Waals surface area contributed by atoms with Crippen molar-refractivity contribution in [2.75, 3.05) is 56.3 Å². The number of anilines is 3. The fourth-order valence-corrected chi connectivity index (χ4v) is 3.62. The SMILES string of the molecule is COc1cc2nc(N3CCN(C(=O)Nc4ccccc4C)CC3)nc(N)c2cc1OC. The molecule has 2 aromatic carbocycles. The van der Waals surface area contributed by atoms with Crippen molar-refractivity contribution >= 4 is 34.4 Å². The number of hydrogen-bond acceptors (Lipinski definition) is 7. The lowest BCUT2D eigenvalue weighted by atomic mass is 10.2. The normalized spacial score (nSPS) is 13.9. The van der Waals surface area contributed by atoms with Gasteiger partial charge in [0, 0.05) is 43.3 Å². The van der Waals surface area contributed by atoms with Crippen LogP contribution in [0, 0.1) is 6.92 Å². The van der Waals surface area contributed by atoms with Gasteiger partial charge in [0.2, 0.25) is 5.95 Å². The highest BCUT2D eigenvalue weighted by Crippen LogP contribution is 2.34. The standard InChI is InChI=1S/C22H26N6O3/c1-14-6-4-5-7-16(14)25-22(29)28-10-8-27(9-11-28)21-24-17-13-19(31-3)18(30-2)12-15(17)20(23)26-21/h4-7,12-13H,8-11H2,1-3H3,(H,25,29)(H2,23,24,26). The monoisotopic (exact) mass is 422 g/mol. The number of carbonyl (C=O) groups excluding carboxylic acids is 1. The van der Waals surface area contributed by atoms with Crippen LogP contribution in [0.25, 0.3) is 10.9 Å². The summed E-state index contributed by atoms with van der Waals surface area (Å²) in [6.45, 7) is 4.31. The van der Waals surface area contributed by atoms with E-state index in [0.29, 0.717) is 60.3 Å². The second kappa shape index (κ2) is 8.55. The number of aryl methyl sites for hydroxylation is 1. The number of methoxy groups -OCH3 is 2. The van der Waals surface area contributed by atoms with Gasteiger partial charge >= 0.3 is 6.03 Å². The molecule has 2 amide bonds. The number of aromatic nitrogens is 2. The summed E-state index contributed by atoms with van der Waals surface area (Å²) in [7, 11) is 3.15. The maximum atomic E-state index is 12.6. The second-order valence-corrected chi connectivity index (χ2v) is 7.35. The van der Waals surface area contributed by atoms with Crippen LogP contribution >= 0.6 is 0 Å². The summed E-state index contributed by atoms with van der Waals surface area (Å²) in [6.07, 6.45) is 0. The summed E-state index contributed by atoms with van der Waals surface area (Å²) in [4.78, 5) is 25.6. The number of hydrogen-bond donors (Lipinski definition) is 2. The van der Waals surface area contributed by atoms with Crippen LogP contribution in [0.4, 0.5) is 22.2 Å². The average Bonchev–Trinajstić information content (AvgIpc) is 2.79. The van der Waals surface area contributed by atoms with Crippen molar-refractivity contribution in [3.63, 3.8) is 0 Å². The molecule has 1 aliphatic rings. The summed E-state index contributed by atoms with van der Waals surface area (Å²) in [6, 6.07) is 11.2. The molecule has 162 valence electrons. The van der Waals surface area contributed by atoms with Gasteiger partial charge in [0.15, 0.2) is 11.5 Å². The van der Waals surface area contributed by atoms with Gasteiger partial charge in [0.1, 0.15) is 5.82 Å². The summed E-state index contributed by atoms with van der Waals surface area (Å²) in [5.41, 5.74) is 8.74. The average molecular weight is 422 g/mol. The third-order valence-corrected chi connectivity index (χ3v) is 5.46. The zero-order chi connectivity index (χ0) is 22.0. The molecule has 2 heterocycles. The second-order valence-electron chi connectivity index (χ2n) is 7.35. The van der Waals surface area contributed by atoms with Crippen LogP contribution in [0.3, 0.4) is 0 Å². The van der Waals surface area contributed by atoms with Crippen LogP contribution in [0.15, 0.2) is 36.4 Å². The minimum Gasteiger partial charge on any atom is -0.493 e. The summed E-state index contributed by atoms with van der Waals surface area (Å²) in [5.74, 6) is 2.07. The van der Waals surface area contributed by atoms with E-state index in [4.69, 9.17) is 15.2 Å². The Bertz CT molecular complexity index is 1110. The van der Waals surface area contributed by atoms with E-state index < -0.39 is 0 Å². The first-order valence-corrected chi connectivity index (χ1v) is 10.1. The third-order valence-electron chi connectivity index (χ3n) is 5.46. The Morgan fingerprint density at radius 2 is 1.71 bits per heavy atom. The molecule has 1 aliphatic heterocycles. The first kappa shape index (κ1) is 20.5. The van der Waals surface area contributed by atoms with Gasteiger partial charge < -0.3 is 30.3 Å². The van der Waals surface area contributed by atoms with Gasteiger partial charge in [0.05, 0.1) is 19.7 Å². The van der Waals surface area contributed by atoms with Crippen molar-refractivity contribution in [1.82, 2.24) is 14.9 Å². The summed E-state index contributed by atoms with van der Waals surface area (Å²) in [5, 5.41) is 3.69. The molecule has 3 aromatic rings. The van der Waals surface area contributed by atoms with E-state index in [0.717, 1.165) is 11.3 Å². The Balaban J connectivity index is 1.48. The molecule has 9 heteroatoms. The number of nitrogens with zero attached hydrogens (tertiary/aromatic N) is 4. The number of ether oxygens (including phenoxy) is 2. The van der Waals surface area contributed by atoms with E-state index in [-0.39, 0.29) is 6.03 Å². The van der Waals surface area contributed by atoms with E-state index in [2.05, 4.69) is 15.3 Å². The quantitative estimate of drug-likeness (QED) is 0.666. The third kappa shape index (κ3) is 4.11. The Morgan fingerprint density at radius 3 is 2.39 bits per heavy atom. The number of fused-ring (bicyclic) bond motifs is 1.